The highest BCUT2D eigenvalue weighted by Crippen LogP contribution is 2.49. The van der Waals surface area contributed by atoms with Gasteiger partial charge in [0.25, 0.3) is 18.3 Å². The predicted octanol–water partition coefficient (Wildman–Crippen LogP) is 5.12. The van der Waals surface area contributed by atoms with Crippen LogP contribution in [0.5, 0.6) is 5.75 Å². The molecule has 1 amide bonds. The summed E-state index contributed by atoms with van der Waals surface area (Å²) in [5, 5.41) is 12.5. The van der Waals surface area contributed by atoms with Crippen molar-refractivity contribution in [3.05, 3.63) is 52.7 Å². The van der Waals surface area contributed by atoms with Gasteiger partial charge in [0, 0.05) is 35.8 Å². The summed E-state index contributed by atoms with van der Waals surface area (Å²) in [6, 6.07) is 2.55. The smallest absolute Gasteiger partial charge is 0.337 e. The summed E-state index contributed by atoms with van der Waals surface area (Å²) in [5.74, 6) is -4.62. The number of aliphatic carboxylic acids is 1. The third-order valence-corrected chi connectivity index (χ3v) is 8.23. The molecule has 0 aromatic heterocycles. The van der Waals surface area contributed by atoms with Crippen LogP contribution in [0.1, 0.15) is 57.9 Å². The summed E-state index contributed by atoms with van der Waals surface area (Å²) in [6.07, 6.45) is 3.55. The molecule has 5 rings (SSSR count). The number of carbonyl (C=O) groups excluding carboxylic acids is 1. The lowest BCUT2D eigenvalue weighted by atomic mass is 9.94. The van der Waals surface area contributed by atoms with E-state index >= 15 is 0 Å². The highest BCUT2D eigenvalue weighted by Gasteiger charge is 2.62. The van der Waals surface area contributed by atoms with Crippen LogP contribution < -0.4 is 10.1 Å². The van der Waals surface area contributed by atoms with Crippen molar-refractivity contribution in [2.75, 3.05) is 0 Å². The second-order valence-electron chi connectivity index (χ2n) is 11.2. The standard InChI is InChI=1S/C27H30ClF4N3O4/c1-26(2,39-20-7-4-15(28)9-19(20)23(29)30)25(38)33-16-10-17-5-6-18(11-16)35(17)22-8-3-14(24(36)37)13-34(22)21-12-27(21,31)32/h3-4,7-9,13,16-18,21-23H,5-6,10-12H2,1-2H3,(H,33,38)(H,36,37). The monoisotopic (exact) mass is 571 g/mol. The molecule has 0 spiro atoms. The average Bonchev–Trinajstić information content (AvgIpc) is 3.41. The summed E-state index contributed by atoms with van der Waals surface area (Å²) in [7, 11) is 0. The number of hydrogen-bond donors (Lipinski definition) is 2. The molecule has 4 unspecified atom stereocenters. The predicted molar refractivity (Wildman–Crippen MR) is 135 cm³/mol. The molecule has 12 heteroatoms. The molecule has 2 N–H and O–H groups in total. The number of fused-ring (bicyclic) bond motifs is 2. The molecule has 39 heavy (non-hydrogen) atoms. The average molecular weight is 572 g/mol. The first-order valence-corrected chi connectivity index (χ1v) is 13.3. The van der Waals surface area contributed by atoms with Crippen molar-refractivity contribution in [1.82, 2.24) is 15.1 Å². The fraction of sp³-hybridized carbons (Fsp3) is 0.556. The molecule has 1 aromatic carbocycles. The third kappa shape index (κ3) is 5.48. The Morgan fingerprint density at radius 3 is 2.41 bits per heavy atom. The molecule has 0 radical (unpaired) electrons. The molecule has 3 aliphatic heterocycles. The van der Waals surface area contributed by atoms with Crippen LogP contribution >= 0.6 is 11.6 Å². The number of alkyl halides is 4. The van der Waals surface area contributed by atoms with Gasteiger partial charge in [0.15, 0.2) is 5.60 Å². The molecule has 3 heterocycles. The van der Waals surface area contributed by atoms with Gasteiger partial charge in [-0.05, 0) is 69.9 Å². The van der Waals surface area contributed by atoms with Crippen molar-refractivity contribution in [1.29, 1.82) is 0 Å². The molecule has 2 saturated heterocycles. The van der Waals surface area contributed by atoms with Gasteiger partial charge in [-0.25, -0.2) is 22.4 Å². The fourth-order valence-electron chi connectivity index (χ4n) is 5.97. The van der Waals surface area contributed by atoms with Crippen molar-refractivity contribution in [2.45, 2.75) is 94.2 Å². The van der Waals surface area contributed by atoms with E-state index in [2.05, 4.69) is 10.2 Å². The Kier molecular flexibility index (Phi) is 7.12. The van der Waals surface area contributed by atoms with Crippen LogP contribution in [0.4, 0.5) is 17.6 Å². The Bertz CT molecular complexity index is 1210. The zero-order valence-corrected chi connectivity index (χ0v) is 22.2. The minimum Gasteiger partial charge on any atom is -0.478 e. The van der Waals surface area contributed by atoms with Gasteiger partial charge in [0.1, 0.15) is 11.9 Å². The van der Waals surface area contributed by atoms with E-state index in [0.29, 0.717) is 12.8 Å². The summed E-state index contributed by atoms with van der Waals surface area (Å²) >= 11 is 5.84. The molecule has 1 aromatic rings. The number of ether oxygens (including phenoxy) is 1. The van der Waals surface area contributed by atoms with E-state index in [1.54, 1.807) is 6.08 Å². The third-order valence-electron chi connectivity index (χ3n) is 7.99. The van der Waals surface area contributed by atoms with Gasteiger partial charge in [0.2, 0.25) is 0 Å². The molecule has 4 aliphatic rings. The summed E-state index contributed by atoms with van der Waals surface area (Å²) in [4.78, 5) is 28.3. The lowest BCUT2D eigenvalue weighted by molar-refractivity contribution is -0.135. The van der Waals surface area contributed by atoms with Crippen molar-refractivity contribution in [3.63, 3.8) is 0 Å². The quantitative estimate of drug-likeness (QED) is 0.422. The Balaban J connectivity index is 1.26. The molecule has 1 saturated carbocycles. The fourth-order valence-corrected chi connectivity index (χ4v) is 6.15. The zero-order valence-electron chi connectivity index (χ0n) is 21.4. The first-order chi connectivity index (χ1) is 18.3. The number of nitrogens with zero attached hydrogens (tertiary/aromatic N) is 2. The van der Waals surface area contributed by atoms with E-state index in [4.69, 9.17) is 16.3 Å². The van der Waals surface area contributed by atoms with Gasteiger partial charge >= 0.3 is 5.97 Å². The van der Waals surface area contributed by atoms with Crippen LogP contribution in [0.15, 0.2) is 42.1 Å². The maximum Gasteiger partial charge on any atom is 0.337 e. The number of halogens is 5. The highest BCUT2D eigenvalue weighted by atomic mass is 35.5. The van der Waals surface area contributed by atoms with Crippen molar-refractivity contribution in [2.24, 2.45) is 0 Å². The van der Waals surface area contributed by atoms with Crippen LogP contribution in [-0.2, 0) is 9.59 Å². The Hall–Kier alpha value is -2.79. The van der Waals surface area contributed by atoms with E-state index < -0.39 is 47.6 Å². The number of carboxylic acid groups (broad SMARTS) is 1. The van der Waals surface area contributed by atoms with E-state index in [-0.39, 0.29) is 40.9 Å². The number of hydrogen-bond acceptors (Lipinski definition) is 5. The minimum absolute atomic E-state index is 0.0101. The number of piperidine rings is 1. The number of amides is 1. The lowest BCUT2D eigenvalue weighted by Crippen LogP contribution is -2.59. The summed E-state index contributed by atoms with van der Waals surface area (Å²) in [5.41, 5.74) is -1.89. The summed E-state index contributed by atoms with van der Waals surface area (Å²) < 4.78 is 60.8. The number of carbonyl (C=O) groups is 2. The highest BCUT2D eigenvalue weighted by molar-refractivity contribution is 6.30. The topological polar surface area (TPSA) is 82.1 Å². The van der Waals surface area contributed by atoms with E-state index in [1.807, 2.05) is 0 Å². The first kappa shape index (κ1) is 27.8. The SMILES string of the molecule is CC(C)(Oc1ccc(Cl)cc1C(F)F)C(=O)NC1CC2CCC(C1)N2C1C=CC(C(=O)O)=CN1C1CC1(F)F. The molecule has 4 atom stereocenters. The van der Waals surface area contributed by atoms with E-state index in [9.17, 15) is 32.3 Å². The van der Waals surface area contributed by atoms with Gasteiger partial charge < -0.3 is 20.1 Å². The van der Waals surface area contributed by atoms with E-state index in [0.717, 1.165) is 18.9 Å². The maximum atomic E-state index is 14.1. The molecule has 1 aliphatic carbocycles. The zero-order chi connectivity index (χ0) is 28.3. The Labute approximate surface area is 228 Å². The molecule has 2 bridgehead atoms. The van der Waals surface area contributed by atoms with Gasteiger partial charge in [-0.1, -0.05) is 11.6 Å². The molecule has 7 nitrogen and oxygen atoms in total. The normalized spacial score (nSPS) is 29.8. The number of rotatable bonds is 8. The Morgan fingerprint density at radius 1 is 1.21 bits per heavy atom. The maximum absolute atomic E-state index is 14.1. The van der Waals surface area contributed by atoms with Gasteiger partial charge in [-0.3, -0.25) is 9.69 Å². The van der Waals surface area contributed by atoms with Crippen molar-refractivity contribution >= 4 is 23.5 Å². The molecule has 3 fully saturated rings. The second-order valence-corrected chi connectivity index (χ2v) is 11.6. The van der Waals surface area contributed by atoms with Crippen LogP contribution in [0, 0.1) is 0 Å². The molecular weight excluding hydrogens is 542 g/mol. The number of nitrogens with one attached hydrogen (secondary N) is 1. The lowest BCUT2D eigenvalue weighted by Gasteiger charge is -2.47. The molecular formula is C27H30ClF4N3O4. The van der Waals surface area contributed by atoms with Crippen molar-refractivity contribution < 1.29 is 37.0 Å². The van der Waals surface area contributed by atoms with Gasteiger partial charge in [0.05, 0.1) is 17.2 Å². The van der Waals surface area contributed by atoms with Crippen LogP contribution in [-0.4, -0.2) is 68.6 Å². The molecule has 212 valence electrons. The van der Waals surface area contributed by atoms with Gasteiger partial charge in [-0.2, -0.15) is 0 Å². The van der Waals surface area contributed by atoms with Crippen molar-refractivity contribution in [3.8, 4) is 5.75 Å². The van der Waals surface area contributed by atoms with Gasteiger partial charge in [-0.15, -0.1) is 0 Å². The minimum atomic E-state index is -2.87. The largest absolute Gasteiger partial charge is 0.478 e. The van der Waals surface area contributed by atoms with Crippen LogP contribution in [0.2, 0.25) is 5.02 Å². The summed E-state index contributed by atoms with van der Waals surface area (Å²) in [6.45, 7) is 3.01. The number of benzene rings is 1. The van der Waals surface area contributed by atoms with Crippen LogP contribution in [0.25, 0.3) is 0 Å². The number of carboxylic acids is 1. The van der Waals surface area contributed by atoms with E-state index in [1.165, 1.54) is 43.2 Å². The first-order valence-electron chi connectivity index (χ1n) is 12.9. The van der Waals surface area contributed by atoms with Crippen LogP contribution in [0.3, 0.4) is 0 Å². The second kappa shape index (κ2) is 9.99. The Morgan fingerprint density at radius 2 is 1.85 bits per heavy atom.